The van der Waals surface area contributed by atoms with Gasteiger partial charge in [0.25, 0.3) is 0 Å². The number of hydrogen-bond donors (Lipinski definition) is 3. The molecule has 1 aromatic carbocycles. The van der Waals surface area contributed by atoms with Gasteiger partial charge in [0.15, 0.2) is 0 Å². The number of nitrogen functional groups attached to an aromatic ring is 1. The Bertz CT molecular complexity index is 736. The summed E-state index contributed by atoms with van der Waals surface area (Å²) in [5, 5.41) is 0. The summed E-state index contributed by atoms with van der Waals surface area (Å²) in [5.41, 5.74) is 3.18. The minimum Gasteiger partial charge on any atom is -0.308 e. The number of benzene rings is 1. The Balaban J connectivity index is 2.24. The monoisotopic (exact) mass is 370 g/mol. The lowest BCUT2D eigenvalue weighted by atomic mass is 10.1. The largest absolute Gasteiger partial charge is 0.308 e. The molecular weight excluding hydrogens is 356 g/mol. The quantitative estimate of drug-likeness (QED) is 0.553. The average Bonchev–Trinajstić information content (AvgIpc) is 2.47. The second kappa shape index (κ2) is 6.52. The van der Waals surface area contributed by atoms with Crippen molar-refractivity contribution in [2.75, 3.05) is 5.43 Å². The Labute approximate surface area is 131 Å². The maximum absolute atomic E-state index is 12.3. The summed E-state index contributed by atoms with van der Waals surface area (Å²) in [5.74, 6) is 5.52. The maximum atomic E-state index is 12.3. The molecule has 2 aromatic rings. The number of aromatic nitrogens is 1. The Morgan fingerprint density at radius 1 is 1.29 bits per heavy atom. The molecule has 0 amide bonds. The molecule has 4 N–H and O–H groups in total. The molecule has 0 bridgehead atoms. The molecule has 0 aliphatic heterocycles. The average molecular weight is 371 g/mol. The lowest BCUT2D eigenvalue weighted by Crippen LogP contribution is -2.27. The number of halogens is 1. The highest BCUT2D eigenvalue weighted by atomic mass is 79.9. The van der Waals surface area contributed by atoms with Gasteiger partial charge in [0.2, 0.25) is 10.0 Å². The minimum atomic E-state index is -3.65. The van der Waals surface area contributed by atoms with Gasteiger partial charge in [-0.25, -0.2) is 24.0 Å². The predicted octanol–water partition coefficient (Wildman–Crippen LogP) is 2.17. The normalized spacial score (nSPS) is 12.9. The van der Waals surface area contributed by atoms with Gasteiger partial charge in [-0.3, -0.25) is 0 Å². The van der Waals surface area contributed by atoms with Crippen molar-refractivity contribution in [3.05, 3.63) is 52.6 Å². The molecule has 0 saturated heterocycles. The summed E-state index contributed by atoms with van der Waals surface area (Å²) in [6.07, 6.45) is 1.38. The van der Waals surface area contributed by atoms with Gasteiger partial charge >= 0.3 is 0 Å². The van der Waals surface area contributed by atoms with Crippen molar-refractivity contribution in [2.45, 2.75) is 17.9 Å². The third-order valence-corrected chi connectivity index (χ3v) is 4.90. The van der Waals surface area contributed by atoms with E-state index in [2.05, 4.69) is 31.1 Å². The van der Waals surface area contributed by atoms with E-state index in [-0.39, 0.29) is 16.8 Å². The smallest absolute Gasteiger partial charge is 0.241 e. The van der Waals surface area contributed by atoms with Crippen LogP contribution in [0.25, 0.3) is 0 Å². The van der Waals surface area contributed by atoms with E-state index in [4.69, 9.17) is 5.84 Å². The van der Waals surface area contributed by atoms with E-state index < -0.39 is 10.0 Å². The van der Waals surface area contributed by atoms with Gasteiger partial charge < -0.3 is 5.43 Å². The third kappa shape index (κ3) is 4.01. The molecule has 0 radical (unpaired) electrons. The van der Waals surface area contributed by atoms with Crippen molar-refractivity contribution in [1.29, 1.82) is 0 Å². The molecule has 1 atom stereocenters. The highest BCUT2D eigenvalue weighted by molar-refractivity contribution is 9.10. The van der Waals surface area contributed by atoms with Crippen molar-refractivity contribution in [3.8, 4) is 0 Å². The number of sulfonamides is 1. The summed E-state index contributed by atoms with van der Waals surface area (Å²) >= 11 is 3.37. The maximum Gasteiger partial charge on any atom is 0.241 e. The van der Waals surface area contributed by atoms with E-state index in [1.165, 1.54) is 18.3 Å². The van der Waals surface area contributed by atoms with Gasteiger partial charge in [0, 0.05) is 22.8 Å². The molecule has 6 nitrogen and oxygen atoms in total. The van der Waals surface area contributed by atoms with E-state index in [0.29, 0.717) is 0 Å². The molecule has 1 heterocycles. The molecule has 0 fully saturated rings. The summed E-state index contributed by atoms with van der Waals surface area (Å²) in [7, 11) is -3.65. The fourth-order valence-corrected chi connectivity index (χ4v) is 3.46. The van der Waals surface area contributed by atoms with Crippen LogP contribution in [0.3, 0.4) is 0 Å². The van der Waals surface area contributed by atoms with Gasteiger partial charge in [-0.05, 0) is 30.7 Å². The second-order valence-electron chi connectivity index (χ2n) is 4.42. The molecular formula is C13H15BrN4O2S. The van der Waals surface area contributed by atoms with E-state index in [9.17, 15) is 8.42 Å². The molecule has 112 valence electrons. The Morgan fingerprint density at radius 3 is 2.71 bits per heavy atom. The van der Waals surface area contributed by atoms with Crippen LogP contribution >= 0.6 is 15.9 Å². The van der Waals surface area contributed by atoms with Gasteiger partial charge in [-0.15, -0.1) is 0 Å². The molecule has 1 aromatic heterocycles. The van der Waals surface area contributed by atoms with E-state index in [1.54, 1.807) is 6.92 Å². The first-order chi connectivity index (χ1) is 9.92. The van der Waals surface area contributed by atoms with Crippen molar-refractivity contribution in [2.24, 2.45) is 5.84 Å². The number of rotatable bonds is 5. The lowest BCUT2D eigenvalue weighted by molar-refractivity contribution is 0.567. The molecule has 21 heavy (non-hydrogen) atoms. The summed E-state index contributed by atoms with van der Waals surface area (Å²) in [6, 6.07) is 9.88. The molecule has 8 heteroatoms. The summed E-state index contributed by atoms with van der Waals surface area (Å²) in [4.78, 5) is 3.99. The second-order valence-corrected chi connectivity index (χ2v) is 7.05. The van der Waals surface area contributed by atoms with Gasteiger partial charge in [0.05, 0.1) is 4.90 Å². The van der Waals surface area contributed by atoms with E-state index >= 15 is 0 Å². The first-order valence-corrected chi connectivity index (χ1v) is 8.40. The Hall–Kier alpha value is -1.48. The standard InChI is InChI=1S/C13H15BrN4O2S/c1-9(10-3-2-4-11(14)7-10)18-21(19,20)12-5-6-16-13(8-12)17-15/h2-9,18H,15H2,1H3,(H,16,17). The van der Waals surface area contributed by atoms with Crippen LogP contribution in [0.5, 0.6) is 0 Å². The van der Waals surface area contributed by atoms with Crippen molar-refractivity contribution >= 4 is 31.8 Å². The van der Waals surface area contributed by atoms with Gasteiger partial charge in [-0.1, -0.05) is 28.1 Å². The van der Waals surface area contributed by atoms with Crippen molar-refractivity contribution in [3.63, 3.8) is 0 Å². The van der Waals surface area contributed by atoms with Crippen molar-refractivity contribution in [1.82, 2.24) is 9.71 Å². The number of nitrogens with zero attached hydrogens (tertiary/aromatic N) is 1. The van der Waals surface area contributed by atoms with Crippen LogP contribution in [0.15, 0.2) is 52.0 Å². The molecule has 0 saturated carbocycles. The van der Waals surface area contributed by atoms with Crippen LogP contribution in [-0.2, 0) is 10.0 Å². The zero-order valence-corrected chi connectivity index (χ0v) is 13.6. The minimum absolute atomic E-state index is 0.104. The first kappa shape index (κ1) is 15.9. The van der Waals surface area contributed by atoms with Crippen LogP contribution < -0.4 is 16.0 Å². The van der Waals surface area contributed by atoms with Gasteiger partial charge in [0.1, 0.15) is 5.82 Å². The van der Waals surface area contributed by atoms with Crippen LogP contribution in [0.1, 0.15) is 18.5 Å². The zero-order valence-electron chi connectivity index (χ0n) is 11.2. The topological polar surface area (TPSA) is 97.1 Å². The zero-order chi connectivity index (χ0) is 15.5. The number of anilines is 1. The number of hydrogen-bond acceptors (Lipinski definition) is 5. The van der Waals surface area contributed by atoms with Crippen LogP contribution in [0, 0.1) is 0 Å². The van der Waals surface area contributed by atoms with Crippen LogP contribution in [-0.4, -0.2) is 13.4 Å². The summed E-state index contributed by atoms with van der Waals surface area (Å²) < 4.78 is 28.2. The number of nitrogens with one attached hydrogen (secondary N) is 2. The molecule has 0 aliphatic carbocycles. The van der Waals surface area contributed by atoms with Crippen molar-refractivity contribution < 1.29 is 8.42 Å². The SMILES string of the molecule is CC(NS(=O)(=O)c1ccnc(NN)c1)c1cccc(Br)c1. The Kier molecular flexibility index (Phi) is 4.94. The molecule has 0 aliphatic rings. The highest BCUT2D eigenvalue weighted by Crippen LogP contribution is 2.20. The highest BCUT2D eigenvalue weighted by Gasteiger charge is 2.19. The Morgan fingerprint density at radius 2 is 2.05 bits per heavy atom. The van der Waals surface area contributed by atoms with Crippen LogP contribution in [0.2, 0.25) is 0 Å². The van der Waals surface area contributed by atoms with E-state index in [0.717, 1.165) is 10.0 Å². The first-order valence-electron chi connectivity index (χ1n) is 6.13. The fourth-order valence-electron chi connectivity index (χ4n) is 1.80. The molecule has 1 unspecified atom stereocenters. The summed E-state index contributed by atoms with van der Waals surface area (Å²) in [6.45, 7) is 1.78. The van der Waals surface area contributed by atoms with Crippen LogP contribution in [0.4, 0.5) is 5.82 Å². The molecule has 2 rings (SSSR count). The third-order valence-electron chi connectivity index (χ3n) is 2.87. The van der Waals surface area contributed by atoms with E-state index in [1.807, 2.05) is 24.3 Å². The van der Waals surface area contributed by atoms with Gasteiger partial charge in [-0.2, -0.15) is 0 Å². The predicted molar refractivity (Wildman–Crippen MR) is 84.9 cm³/mol. The number of pyridine rings is 1. The number of hydrazine groups is 1. The fraction of sp³-hybridized carbons (Fsp3) is 0.154. The molecule has 0 spiro atoms. The number of nitrogens with two attached hydrogens (primary N) is 1. The lowest BCUT2D eigenvalue weighted by Gasteiger charge is -2.15.